The van der Waals surface area contributed by atoms with E-state index in [1.54, 1.807) is 13.8 Å². The van der Waals surface area contributed by atoms with E-state index in [9.17, 15) is 9.59 Å². The number of hydrogen-bond acceptors (Lipinski definition) is 2. The van der Waals surface area contributed by atoms with Crippen LogP contribution in [0, 0.1) is 5.41 Å². The molecule has 0 radical (unpaired) electrons. The molecule has 0 aromatic heterocycles. The van der Waals surface area contributed by atoms with Crippen LogP contribution >= 0.6 is 0 Å². The molecule has 0 atom stereocenters. The Labute approximate surface area is 65.6 Å². The van der Waals surface area contributed by atoms with E-state index in [0.29, 0.717) is 0 Å². The van der Waals surface area contributed by atoms with E-state index in [-0.39, 0.29) is 12.5 Å². The second-order valence-electron chi connectivity index (χ2n) is 3.10. The zero-order valence-electron chi connectivity index (χ0n) is 6.97. The van der Waals surface area contributed by atoms with Gasteiger partial charge < -0.3 is 10.4 Å². The molecule has 0 saturated heterocycles. The van der Waals surface area contributed by atoms with Gasteiger partial charge in [0.15, 0.2) is 0 Å². The van der Waals surface area contributed by atoms with E-state index in [2.05, 4.69) is 5.32 Å². The molecule has 64 valence electrons. The average Bonchev–Trinajstić information content (AvgIpc) is 1.84. The molecule has 11 heavy (non-hydrogen) atoms. The first-order valence-electron chi connectivity index (χ1n) is 3.34. The van der Waals surface area contributed by atoms with E-state index >= 15 is 0 Å². The molecule has 0 unspecified atom stereocenters. The van der Waals surface area contributed by atoms with E-state index < -0.39 is 11.4 Å². The van der Waals surface area contributed by atoms with Crippen LogP contribution in [0.2, 0.25) is 0 Å². The van der Waals surface area contributed by atoms with Gasteiger partial charge in [0.25, 0.3) is 0 Å². The number of amides is 1. The van der Waals surface area contributed by atoms with Crippen molar-refractivity contribution in [3.8, 4) is 0 Å². The molecule has 1 amide bonds. The van der Waals surface area contributed by atoms with Crippen molar-refractivity contribution in [3.63, 3.8) is 0 Å². The normalized spacial score (nSPS) is 10.8. The van der Waals surface area contributed by atoms with Crippen LogP contribution in [0.5, 0.6) is 0 Å². The first-order valence-corrected chi connectivity index (χ1v) is 3.34. The van der Waals surface area contributed by atoms with Crippen LogP contribution in [0.3, 0.4) is 0 Å². The molecule has 0 bridgehead atoms. The summed E-state index contributed by atoms with van der Waals surface area (Å²) < 4.78 is 0. The quantitative estimate of drug-likeness (QED) is 0.619. The van der Waals surface area contributed by atoms with Gasteiger partial charge in [-0.3, -0.25) is 9.59 Å². The van der Waals surface area contributed by atoms with Crippen LogP contribution in [0.4, 0.5) is 0 Å². The number of carbonyl (C=O) groups excluding carboxylic acids is 1. The lowest BCUT2D eigenvalue weighted by atomic mass is 9.94. The number of nitrogens with one attached hydrogen (secondary N) is 1. The zero-order valence-corrected chi connectivity index (χ0v) is 6.97. The summed E-state index contributed by atoms with van der Waals surface area (Å²) in [6, 6.07) is 0. The molecule has 0 heterocycles. The summed E-state index contributed by atoms with van der Waals surface area (Å²) in [7, 11) is 0. The van der Waals surface area contributed by atoms with Gasteiger partial charge in [-0.1, -0.05) is 0 Å². The Hall–Kier alpha value is -1.06. The SMILES string of the molecule is CC(=O)NCC(C)(C)C(=O)O. The number of rotatable bonds is 3. The van der Waals surface area contributed by atoms with Crippen LogP contribution in [0.15, 0.2) is 0 Å². The van der Waals surface area contributed by atoms with Crippen molar-refractivity contribution >= 4 is 11.9 Å². The van der Waals surface area contributed by atoms with Crippen LogP contribution in [-0.2, 0) is 9.59 Å². The van der Waals surface area contributed by atoms with E-state index in [1.165, 1.54) is 6.92 Å². The molecular weight excluding hydrogens is 146 g/mol. The van der Waals surface area contributed by atoms with Crippen molar-refractivity contribution in [2.45, 2.75) is 20.8 Å². The predicted molar refractivity (Wildman–Crippen MR) is 40.1 cm³/mol. The molecule has 0 saturated carbocycles. The van der Waals surface area contributed by atoms with Crippen molar-refractivity contribution in [3.05, 3.63) is 0 Å². The molecule has 0 aromatic rings. The molecule has 0 aliphatic carbocycles. The second kappa shape index (κ2) is 3.37. The van der Waals surface area contributed by atoms with Crippen LogP contribution in [-0.4, -0.2) is 23.5 Å². The second-order valence-corrected chi connectivity index (χ2v) is 3.10. The van der Waals surface area contributed by atoms with Gasteiger partial charge in [0, 0.05) is 13.5 Å². The molecule has 0 fully saturated rings. The number of hydrogen-bond donors (Lipinski definition) is 2. The topological polar surface area (TPSA) is 66.4 Å². The Morgan fingerprint density at radius 3 is 2.18 bits per heavy atom. The maximum atomic E-state index is 10.5. The van der Waals surface area contributed by atoms with Crippen molar-refractivity contribution in [2.75, 3.05) is 6.54 Å². The zero-order chi connectivity index (χ0) is 9.07. The standard InChI is InChI=1S/C7H13NO3/c1-5(9)8-4-7(2,3)6(10)11/h4H2,1-3H3,(H,8,9)(H,10,11). The Bertz CT molecular complexity index is 175. The van der Waals surface area contributed by atoms with Gasteiger partial charge >= 0.3 is 5.97 Å². The van der Waals surface area contributed by atoms with Gasteiger partial charge in [0.05, 0.1) is 5.41 Å². The molecule has 0 spiro atoms. The fourth-order valence-corrected chi connectivity index (χ4v) is 0.421. The van der Waals surface area contributed by atoms with E-state index in [1.807, 2.05) is 0 Å². The van der Waals surface area contributed by atoms with Crippen molar-refractivity contribution in [1.29, 1.82) is 0 Å². The summed E-state index contributed by atoms with van der Waals surface area (Å²) in [6.45, 7) is 4.64. The van der Waals surface area contributed by atoms with Crippen molar-refractivity contribution in [2.24, 2.45) is 5.41 Å². The van der Waals surface area contributed by atoms with Gasteiger partial charge in [-0.2, -0.15) is 0 Å². The maximum absolute atomic E-state index is 10.5. The summed E-state index contributed by atoms with van der Waals surface area (Å²) in [5.41, 5.74) is -0.883. The molecule has 0 aromatic carbocycles. The third-order valence-electron chi connectivity index (χ3n) is 1.36. The largest absolute Gasteiger partial charge is 0.481 e. The maximum Gasteiger partial charge on any atom is 0.310 e. The highest BCUT2D eigenvalue weighted by Gasteiger charge is 2.26. The van der Waals surface area contributed by atoms with Crippen molar-refractivity contribution < 1.29 is 14.7 Å². The highest BCUT2D eigenvalue weighted by molar-refractivity contribution is 5.77. The lowest BCUT2D eigenvalue weighted by molar-refractivity contribution is -0.146. The molecule has 0 aliphatic heterocycles. The minimum Gasteiger partial charge on any atom is -0.481 e. The molecular formula is C7H13NO3. The number of carbonyl (C=O) groups is 2. The van der Waals surface area contributed by atoms with Crippen molar-refractivity contribution in [1.82, 2.24) is 5.32 Å². The Morgan fingerprint density at radius 1 is 1.45 bits per heavy atom. The molecule has 2 N–H and O–H groups in total. The van der Waals surface area contributed by atoms with Gasteiger partial charge in [-0.25, -0.2) is 0 Å². The summed E-state index contributed by atoms with van der Waals surface area (Å²) in [6.07, 6.45) is 0. The third kappa shape index (κ3) is 3.60. The highest BCUT2D eigenvalue weighted by atomic mass is 16.4. The number of carboxylic acid groups (broad SMARTS) is 1. The Kier molecular flexibility index (Phi) is 3.04. The summed E-state index contributed by atoms with van der Waals surface area (Å²) >= 11 is 0. The van der Waals surface area contributed by atoms with Crippen LogP contribution in [0.1, 0.15) is 20.8 Å². The number of aliphatic carboxylic acids is 1. The molecule has 4 nitrogen and oxygen atoms in total. The molecule has 0 rings (SSSR count). The summed E-state index contributed by atoms with van der Waals surface area (Å²) in [5.74, 6) is -1.12. The Balaban J connectivity index is 3.92. The summed E-state index contributed by atoms with van der Waals surface area (Å²) in [5, 5.41) is 11.1. The van der Waals surface area contributed by atoms with Gasteiger partial charge in [0.1, 0.15) is 0 Å². The lowest BCUT2D eigenvalue weighted by Gasteiger charge is -2.18. The number of carboxylic acids is 1. The van der Waals surface area contributed by atoms with Gasteiger partial charge in [0.2, 0.25) is 5.91 Å². The fourth-order valence-electron chi connectivity index (χ4n) is 0.421. The van der Waals surface area contributed by atoms with Crippen LogP contribution in [0.25, 0.3) is 0 Å². The predicted octanol–water partition coefficient (Wildman–Crippen LogP) is 0.233. The van der Waals surface area contributed by atoms with E-state index in [0.717, 1.165) is 0 Å². The van der Waals surface area contributed by atoms with Crippen LogP contribution < -0.4 is 5.32 Å². The monoisotopic (exact) mass is 159 g/mol. The Morgan fingerprint density at radius 2 is 1.91 bits per heavy atom. The van der Waals surface area contributed by atoms with Gasteiger partial charge in [-0.15, -0.1) is 0 Å². The minimum absolute atomic E-state index is 0.164. The minimum atomic E-state index is -0.911. The molecule has 0 aliphatic rings. The summed E-state index contributed by atoms with van der Waals surface area (Å²) in [4.78, 5) is 20.9. The first kappa shape index (κ1) is 9.94. The average molecular weight is 159 g/mol. The first-order chi connectivity index (χ1) is 4.86. The van der Waals surface area contributed by atoms with Gasteiger partial charge in [-0.05, 0) is 13.8 Å². The highest BCUT2D eigenvalue weighted by Crippen LogP contribution is 2.12. The third-order valence-corrected chi connectivity index (χ3v) is 1.36. The van der Waals surface area contributed by atoms with E-state index in [4.69, 9.17) is 5.11 Å². The lowest BCUT2D eigenvalue weighted by Crippen LogP contribution is -2.37. The molecule has 4 heteroatoms. The smallest absolute Gasteiger partial charge is 0.310 e. The fraction of sp³-hybridized carbons (Fsp3) is 0.714.